The van der Waals surface area contributed by atoms with Gasteiger partial charge in [0.15, 0.2) is 0 Å². The predicted octanol–water partition coefficient (Wildman–Crippen LogP) is 2.00. The number of imide groups is 1. The zero-order valence-electron chi connectivity index (χ0n) is 25.0. The van der Waals surface area contributed by atoms with Gasteiger partial charge in [-0.2, -0.15) is 0 Å². The molecule has 34 heavy (non-hydrogen) atoms. The molecule has 0 saturated carbocycles. The molecule has 0 spiro atoms. The molecule has 0 aliphatic carbocycles. The van der Waals surface area contributed by atoms with Gasteiger partial charge >= 0.3 is 0 Å². The second-order valence-corrected chi connectivity index (χ2v) is 7.96. The van der Waals surface area contributed by atoms with Gasteiger partial charge in [0.05, 0.1) is 23.9 Å². The van der Waals surface area contributed by atoms with Crippen LogP contribution in [-0.4, -0.2) is 59.8 Å². The molecule has 1 unspecified atom stereocenters. The van der Waals surface area contributed by atoms with Gasteiger partial charge in [-0.3, -0.25) is 24.6 Å². The standard InChI is InChI=1S/C25H26FN3O5/c26-20-12-16(13-28-8-10-33-11-9-28)4-5-17(20)15-34-22-3-1-2-18-19(22)14-29(25(18)32)21-6-7-23(30)27-24(21)31/h1-5,12,21H,6-11,13-15H2,(H,27,30,31)/i6D2,7D2,15D2,21D. The molecule has 2 aromatic rings. The van der Waals surface area contributed by atoms with Crippen molar-refractivity contribution in [2.45, 2.75) is 38.4 Å². The topological polar surface area (TPSA) is 88.2 Å². The molecule has 2 aromatic carbocycles. The minimum atomic E-state index is -3.46. The number of hydrogen-bond donors (Lipinski definition) is 1. The summed E-state index contributed by atoms with van der Waals surface area (Å²) in [6, 6.07) is 4.80. The summed E-state index contributed by atoms with van der Waals surface area (Å²) in [6.45, 7) is -0.402. The highest BCUT2D eigenvalue weighted by Crippen LogP contribution is 2.34. The van der Waals surface area contributed by atoms with Gasteiger partial charge in [-0.25, -0.2) is 4.39 Å². The van der Waals surface area contributed by atoms with Crippen molar-refractivity contribution >= 4 is 17.7 Å². The lowest BCUT2D eigenvalue weighted by atomic mass is 10.0. The van der Waals surface area contributed by atoms with Gasteiger partial charge in [-0.1, -0.05) is 18.2 Å². The number of nitrogens with one attached hydrogen (secondary N) is 1. The number of carbonyl (C=O) groups excluding carboxylic acids is 3. The molecule has 8 nitrogen and oxygen atoms in total. The number of ether oxygens (including phenoxy) is 2. The Morgan fingerprint density at radius 3 is 2.85 bits per heavy atom. The smallest absolute Gasteiger partial charge is 0.255 e. The minimum absolute atomic E-state index is 0.0154. The Morgan fingerprint density at radius 1 is 1.24 bits per heavy atom. The molecule has 9 heteroatoms. The van der Waals surface area contributed by atoms with Crippen molar-refractivity contribution in [3.8, 4) is 5.75 Å². The van der Waals surface area contributed by atoms with E-state index in [2.05, 4.69) is 4.90 Å². The summed E-state index contributed by atoms with van der Waals surface area (Å²) >= 11 is 0. The van der Waals surface area contributed by atoms with Crippen LogP contribution < -0.4 is 10.1 Å². The number of halogens is 1. The van der Waals surface area contributed by atoms with Crippen LogP contribution in [0.5, 0.6) is 5.75 Å². The third-order valence-electron chi connectivity index (χ3n) is 5.75. The van der Waals surface area contributed by atoms with E-state index in [0.29, 0.717) is 43.3 Å². The second kappa shape index (κ2) is 9.52. The van der Waals surface area contributed by atoms with Gasteiger partial charge < -0.3 is 14.4 Å². The summed E-state index contributed by atoms with van der Waals surface area (Å²) in [6.07, 6.45) is -6.79. The van der Waals surface area contributed by atoms with Gasteiger partial charge in [-0.15, -0.1) is 0 Å². The molecule has 3 amide bonds. The van der Waals surface area contributed by atoms with Crippen molar-refractivity contribution < 1.29 is 37.8 Å². The first kappa shape index (κ1) is 15.6. The number of piperidine rings is 1. The lowest BCUT2D eigenvalue weighted by molar-refractivity contribution is -0.136. The number of nitrogens with zero attached hydrogens (tertiary/aromatic N) is 2. The maximum Gasteiger partial charge on any atom is 0.255 e. The van der Waals surface area contributed by atoms with E-state index < -0.39 is 61.0 Å². The Hall–Kier alpha value is -3.30. The number of rotatable bonds is 6. The van der Waals surface area contributed by atoms with Crippen molar-refractivity contribution in [1.82, 2.24) is 15.1 Å². The van der Waals surface area contributed by atoms with E-state index in [0.717, 1.165) is 0 Å². The van der Waals surface area contributed by atoms with Crippen LogP contribution in [0.25, 0.3) is 0 Å². The second-order valence-electron chi connectivity index (χ2n) is 7.96. The van der Waals surface area contributed by atoms with Crippen LogP contribution in [0.2, 0.25) is 0 Å². The summed E-state index contributed by atoms with van der Waals surface area (Å²) in [5.41, 5.74) is 0.0595. The molecule has 1 N–H and O–H groups in total. The largest absolute Gasteiger partial charge is 0.488 e. The molecule has 178 valence electrons. The third kappa shape index (κ3) is 4.53. The van der Waals surface area contributed by atoms with E-state index in [9.17, 15) is 14.4 Å². The number of hydrogen-bond acceptors (Lipinski definition) is 6. The van der Waals surface area contributed by atoms with Gasteiger partial charge in [0, 0.05) is 48.2 Å². The zero-order valence-corrected chi connectivity index (χ0v) is 18.0. The monoisotopic (exact) mass is 474 g/mol. The van der Waals surface area contributed by atoms with E-state index in [-0.39, 0.29) is 16.9 Å². The molecular weight excluding hydrogens is 441 g/mol. The van der Waals surface area contributed by atoms with E-state index in [1.807, 2.05) is 0 Å². The van der Waals surface area contributed by atoms with Crippen LogP contribution in [0, 0.1) is 5.82 Å². The van der Waals surface area contributed by atoms with Gasteiger partial charge in [-0.05, 0) is 30.1 Å². The molecule has 0 aromatic heterocycles. The molecular formula is C25H26FN3O5. The maximum atomic E-state index is 15.1. The molecule has 3 heterocycles. The third-order valence-corrected chi connectivity index (χ3v) is 5.75. The molecule has 2 saturated heterocycles. The Kier molecular flexibility index (Phi) is 4.36. The summed E-state index contributed by atoms with van der Waals surface area (Å²) in [7, 11) is 0. The van der Waals surface area contributed by atoms with Crippen molar-refractivity contribution in [3.05, 3.63) is 64.5 Å². The highest BCUT2D eigenvalue weighted by Gasteiger charge is 2.40. The maximum absolute atomic E-state index is 15.1. The van der Waals surface area contributed by atoms with Crippen LogP contribution in [0.1, 0.15) is 49.4 Å². The number of carbonyl (C=O) groups is 3. The summed E-state index contributed by atoms with van der Waals surface area (Å²) in [5, 5.41) is 1.63. The van der Waals surface area contributed by atoms with Crippen molar-refractivity contribution in [2.24, 2.45) is 0 Å². The van der Waals surface area contributed by atoms with Crippen LogP contribution in [-0.2, 0) is 34.0 Å². The van der Waals surface area contributed by atoms with E-state index in [1.165, 1.54) is 30.3 Å². The van der Waals surface area contributed by atoms with Crippen molar-refractivity contribution in [1.29, 1.82) is 0 Å². The Labute approximate surface area is 206 Å². The summed E-state index contributed by atoms with van der Waals surface area (Å²) in [4.78, 5) is 40.6. The number of benzene rings is 2. The lowest BCUT2D eigenvalue weighted by Gasteiger charge is -2.29. The van der Waals surface area contributed by atoms with Gasteiger partial charge in [0.1, 0.15) is 24.1 Å². The van der Waals surface area contributed by atoms with Crippen LogP contribution >= 0.6 is 0 Å². The fraction of sp³-hybridized carbons (Fsp3) is 0.400. The first-order valence-corrected chi connectivity index (χ1v) is 10.7. The Morgan fingerprint density at radius 2 is 2.06 bits per heavy atom. The predicted molar refractivity (Wildman–Crippen MR) is 119 cm³/mol. The van der Waals surface area contributed by atoms with Crippen LogP contribution in [0.4, 0.5) is 4.39 Å². The fourth-order valence-corrected chi connectivity index (χ4v) is 4.00. The van der Waals surface area contributed by atoms with E-state index in [4.69, 9.17) is 19.1 Å². The summed E-state index contributed by atoms with van der Waals surface area (Å²) < 4.78 is 83.8. The van der Waals surface area contributed by atoms with Crippen LogP contribution in [0.3, 0.4) is 0 Å². The molecule has 5 rings (SSSR count). The highest BCUT2D eigenvalue weighted by atomic mass is 19.1. The lowest BCUT2D eigenvalue weighted by Crippen LogP contribution is -2.52. The molecule has 3 aliphatic heterocycles. The summed E-state index contributed by atoms with van der Waals surface area (Å²) in [5.74, 6) is -5.20. The Balaban J connectivity index is 1.42. The molecule has 3 aliphatic rings. The quantitative estimate of drug-likeness (QED) is 0.645. The van der Waals surface area contributed by atoms with E-state index >= 15 is 4.39 Å². The Bertz CT molecular complexity index is 1440. The number of amides is 3. The highest BCUT2D eigenvalue weighted by molar-refractivity contribution is 6.05. The fourth-order valence-electron chi connectivity index (χ4n) is 4.00. The van der Waals surface area contributed by atoms with Gasteiger partial charge in [0.25, 0.3) is 5.91 Å². The average molecular weight is 475 g/mol. The first-order valence-electron chi connectivity index (χ1n) is 14.2. The molecule has 0 radical (unpaired) electrons. The SMILES string of the molecule is [2H]C([2H])(Oc1cccc2c1CN(C1([2H])C(=O)NC(=O)C([2H])([2H])C1([2H])[2H])C2=O)c1ccc(CN2CCOCC2)cc1F. The first-order chi connectivity index (χ1) is 19.1. The van der Waals surface area contributed by atoms with E-state index in [1.54, 1.807) is 11.4 Å². The molecule has 1 atom stereocenters. The van der Waals surface area contributed by atoms with Crippen molar-refractivity contribution in [2.75, 3.05) is 26.3 Å². The van der Waals surface area contributed by atoms with Gasteiger partial charge in [0.2, 0.25) is 11.8 Å². The van der Waals surface area contributed by atoms with Crippen molar-refractivity contribution in [3.63, 3.8) is 0 Å². The molecule has 2 fully saturated rings. The normalized spacial score (nSPS) is 29.5. The number of morpholine rings is 1. The minimum Gasteiger partial charge on any atom is -0.488 e. The molecule has 0 bridgehead atoms. The zero-order chi connectivity index (χ0) is 30.0. The number of fused-ring (bicyclic) bond motifs is 1. The van der Waals surface area contributed by atoms with Crippen LogP contribution in [0.15, 0.2) is 36.4 Å². The average Bonchev–Trinajstić information content (AvgIpc) is 3.25.